The first kappa shape index (κ1) is 25.0. The highest BCUT2D eigenvalue weighted by atomic mass is 79.9. The van der Waals surface area contributed by atoms with Gasteiger partial charge in [-0.3, -0.25) is 4.79 Å². The van der Waals surface area contributed by atoms with Crippen molar-refractivity contribution in [3.63, 3.8) is 0 Å². The van der Waals surface area contributed by atoms with E-state index in [0.29, 0.717) is 39.4 Å². The van der Waals surface area contributed by atoms with Gasteiger partial charge < -0.3 is 14.8 Å². The van der Waals surface area contributed by atoms with Crippen LogP contribution in [0.5, 0.6) is 11.5 Å². The van der Waals surface area contributed by atoms with Crippen LogP contribution in [0, 0.1) is 31.0 Å². The molecule has 3 rings (SSSR count). The molecule has 34 heavy (non-hydrogen) atoms. The number of amides is 1. The lowest BCUT2D eigenvalue weighted by Crippen LogP contribution is -2.13. The maximum atomic E-state index is 13.5. The summed E-state index contributed by atoms with van der Waals surface area (Å²) in [6, 6.07) is 17.1. The van der Waals surface area contributed by atoms with Gasteiger partial charge in [0.2, 0.25) is 0 Å². The summed E-state index contributed by atoms with van der Waals surface area (Å²) in [5, 5.41) is 12.4. The summed E-state index contributed by atoms with van der Waals surface area (Å²) in [6.07, 6.45) is 1.49. The van der Waals surface area contributed by atoms with Crippen molar-refractivity contribution in [3.8, 4) is 17.6 Å². The van der Waals surface area contributed by atoms with Gasteiger partial charge in [0.25, 0.3) is 5.91 Å². The molecule has 5 nitrogen and oxygen atoms in total. The number of benzene rings is 3. The van der Waals surface area contributed by atoms with Crippen LogP contribution in [0.2, 0.25) is 0 Å². The SMILES string of the molecule is CCOc1cc(/C=C(\C#N)C(=O)Nc2ccc(C)c(C)c2)c(Br)cc1OCc1cccc(F)c1. The average molecular weight is 523 g/mol. The largest absolute Gasteiger partial charge is 0.490 e. The van der Waals surface area contributed by atoms with E-state index in [2.05, 4.69) is 21.2 Å². The number of hydrogen-bond donors (Lipinski definition) is 1. The van der Waals surface area contributed by atoms with E-state index in [9.17, 15) is 14.4 Å². The quantitative estimate of drug-likeness (QED) is 0.263. The zero-order chi connectivity index (χ0) is 24.7. The minimum absolute atomic E-state index is 0.0604. The first-order chi connectivity index (χ1) is 16.3. The van der Waals surface area contributed by atoms with E-state index in [4.69, 9.17) is 9.47 Å². The fourth-order valence-corrected chi connectivity index (χ4v) is 3.59. The predicted molar refractivity (Wildman–Crippen MR) is 134 cm³/mol. The Labute approximate surface area is 207 Å². The summed E-state index contributed by atoms with van der Waals surface area (Å²) >= 11 is 3.48. The lowest BCUT2D eigenvalue weighted by molar-refractivity contribution is -0.112. The second-order valence-corrected chi connectivity index (χ2v) is 8.45. The van der Waals surface area contributed by atoms with Crippen LogP contribution in [-0.2, 0) is 11.4 Å². The molecule has 1 amide bonds. The molecular weight excluding hydrogens is 499 g/mol. The zero-order valence-corrected chi connectivity index (χ0v) is 20.7. The lowest BCUT2D eigenvalue weighted by atomic mass is 10.1. The van der Waals surface area contributed by atoms with E-state index in [0.717, 1.165) is 11.1 Å². The van der Waals surface area contributed by atoms with Crippen LogP contribution in [-0.4, -0.2) is 12.5 Å². The highest BCUT2D eigenvalue weighted by Gasteiger charge is 2.15. The van der Waals surface area contributed by atoms with Gasteiger partial charge >= 0.3 is 0 Å². The maximum Gasteiger partial charge on any atom is 0.266 e. The van der Waals surface area contributed by atoms with Crippen molar-refractivity contribution in [2.75, 3.05) is 11.9 Å². The van der Waals surface area contributed by atoms with Gasteiger partial charge in [0.1, 0.15) is 24.1 Å². The number of nitriles is 1. The lowest BCUT2D eigenvalue weighted by Gasteiger charge is -2.14. The second-order valence-electron chi connectivity index (χ2n) is 7.60. The third-order valence-electron chi connectivity index (χ3n) is 5.08. The van der Waals surface area contributed by atoms with Crippen LogP contribution in [0.4, 0.5) is 10.1 Å². The molecule has 3 aromatic carbocycles. The molecule has 0 saturated carbocycles. The third kappa shape index (κ3) is 6.46. The monoisotopic (exact) mass is 522 g/mol. The van der Waals surface area contributed by atoms with Crippen molar-refractivity contribution in [2.24, 2.45) is 0 Å². The topological polar surface area (TPSA) is 71.3 Å². The first-order valence-corrected chi connectivity index (χ1v) is 11.4. The molecule has 0 saturated heterocycles. The Morgan fingerprint density at radius 3 is 2.53 bits per heavy atom. The Hall–Kier alpha value is -3.63. The summed E-state index contributed by atoms with van der Waals surface area (Å²) in [5.74, 6) is 0.0476. The third-order valence-corrected chi connectivity index (χ3v) is 5.76. The van der Waals surface area contributed by atoms with Crippen LogP contribution in [0.3, 0.4) is 0 Å². The number of rotatable bonds is 8. The Morgan fingerprint density at radius 2 is 1.85 bits per heavy atom. The molecule has 3 aromatic rings. The number of nitrogens with zero attached hydrogens (tertiary/aromatic N) is 1. The fraction of sp³-hybridized carbons (Fsp3) is 0.185. The molecular formula is C27H24BrFN2O3. The van der Waals surface area contributed by atoms with Gasteiger partial charge in [-0.25, -0.2) is 4.39 Å². The molecule has 0 radical (unpaired) electrons. The Balaban J connectivity index is 1.85. The highest BCUT2D eigenvalue weighted by Crippen LogP contribution is 2.35. The van der Waals surface area contributed by atoms with E-state index in [1.54, 1.807) is 30.3 Å². The van der Waals surface area contributed by atoms with Gasteiger partial charge in [-0.05, 0) is 85.5 Å². The van der Waals surface area contributed by atoms with Crippen LogP contribution in [0.15, 0.2) is 64.6 Å². The summed E-state index contributed by atoms with van der Waals surface area (Å²) in [4.78, 5) is 12.7. The van der Waals surface area contributed by atoms with E-state index in [-0.39, 0.29) is 18.0 Å². The molecule has 0 aromatic heterocycles. The van der Waals surface area contributed by atoms with Crippen LogP contribution >= 0.6 is 15.9 Å². The van der Waals surface area contributed by atoms with Crippen LogP contribution in [0.1, 0.15) is 29.2 Å². The molecule has 0 aliphatic heterocycles. The number of ether oxygens (including phenoxy) is 2. The van der Waals surface area contributed by atoms with Gasteiger partial charge in [0.05, 0.1) is 6.61 Å². The minimum Gasteiger partial charge on any atom is -0.490 e. The van der Waals surface area contributed by atoms with Gasteiger partial charge in [0.15, 0.2) is 11.5 Å². The van der Waals surface area contributed by atoms with Crippen LogP contribution in [0.25, 0.3) is 6.08 Å². The summed E-state index contributed by atoms with van der Waals surface area (Å²) in [6.45, 7) is 6.32. The molecule has 7 heteroatoms. The fourth-order valence-electron chi connectivity index (χ4n) is 3.15. The van der Waals surface area contributed by atoms with Gasteiger partial charge in [-0.2, -0.15) is 5.26 Å². The smallest absolute Gasteiger partial charge is 0.266 e. The van der Waals surface area contributed by atoms with Gasteiger partial charge in [-0.1, -0.05) is 34.1 Å². The molecule has 0 heterocycles. The Kier molecular flexibility index (Phi) is 8.44. The van der Waals surface area contributed by atoms with Crippen molar-refractivity contribution in [2.45, 2.75) is 27.4 Å². The minimum atomic E-state index is -0.512. The number of carbonyl (C=O) groups is 1. The summed E-state index contributed by atoms with van der Waals surface area (Å²) < 4.78 is 25.6. The maximum absolute atomic E-state index is 13.5. The zero-order valence-electron chi connectivity index (χ0n) is 19.1. The number of hydrogen-bond acceptors (Lipinski definition) is 4. The molecule has 0 atom stereocenters. The second kappa shape index (κ2) is 11.5. The molecule has 0 bridgehead atoms. The van der Waals surface area contributed by atoms with E-state index < -0.39 is 5.91 Å². The normalized spacial score (nSPS) is 11.0. The van der Waals surface area contributed by atoms with Crippen molar-refractivity contribution < 1.29 is 18.7 Å². The molecule has 174 valence electrons. The Bertz CT molecular complexity index is 1280. The van der Waals surface area contributed by atoms with Crippen LogP contribution < -0.4 is 14.8 Å². The van der Waals surface area contributed by atoms with Crippen molar-refractivity contribution in [3.05, 3.63) is 92.7 Å². The van der Waals surface area contributed by atoms with E-state index >= 15 is 0 Å². The number of carbonyl (C=O) groups excluding carboxylic acids is 1. The number of nitrogens with one attached hydrogen (secondary N) is 1. The molecule has 0 aliphatic carbocycles. The Morgan fingerprint density at radius 1 is 1.09 bits per heavy atom. The van der Waals surface area contributed by atoms with Crippen molar-refractivity contribution >= 4 is 33.6 Å². The highest BCUT2D eigenvalue weighted by molar-refractivity contribution is 9.10. The van der Waals surface area contributed by atoms with Gasteiger partial charge in [0, 0.05) is 10.2 Å². The van der Waals surface area contributed by atoms with Crippen molar-refractivity contribution in [1.29, 1.82) is 5.26 Å². The van der Waals surface area contributed by atoms with Crippen molar-refractivity contribution in [1.82, 2.24) is 0 Å². The number of anilines is 1. The summed E-state index contributed by atoms with van der Waals surface area (Å²) in [5.41, 5.74) is 3.96. The predicted octanol–water partition coefficient (Wildman–Crippen LogP) is 6.73. The van der Waals surface area contributed by atoms with E-state index in [1.807, 2.05) is 39.0 Å². The molecule has 1 N–H and O–H groups in total. The van der Waals surface area contributed by atoms with Gasteiger partial charge in [-0.15, -0.1) is 0 Å². The average Bonchev–Trinajstić information content (AvgIpc) is 2.80. The molecule has 0 fully saturated rings. The molecule has 0 unspecified atom stereocenters. The van der Waals surface area contributed by atoms with E-state index in [1.165, 1.54) is 18.2 Å². The molecule has 0 spiro atoms. The number of halogens is 2. The number of aryl methyl sites for hydroxylation is 2. The molecule has 0 aliphatic rings. The summed E-state index contributed by atoms with van der Waals surface area (Å²) in [7, 11) is 0. The standard InChI is InChI=1S/C27H24BrFN2O3/c1-4-33-25-13-20(24(28)14-26(25)34-16-19-6-5-7-22(29)11-19)12-21(15-30)27(32)31-23-9-8-17(2)18(3)10-23/h5-14H,4,16H2,1-3H3,(H,31,32)/b21-12+. The first-order valence-electron chi connectivity index (χ1n) is 10.6.